The molecule has 0 atom stereocenters. The number of halogens is 2. The molecule has 0 unspecified atom stereocenters. The average molecular weight is 194 g/mol. The Hall–Kier alpha value is 0.0800. The molecule has 1 aromatic heterocycles. The van der Waals surface area contributed by atoms with Gasteiger partial charge in [0, 0.05) is 0 Å². The van der Waals surface area contributed by atoms with E-state index in [0.717, 1.165) is 5.03 Å². The fourth-order valence-corrected chi connectivity index (χ4v) is 1.53. The Morgan fingerprint density at radius 1 is 1.40 bits per heavy atom. The van der Waals surface area contributed by atoms with E-state index in [2.05, 4.69) is 4.98 Å². The van der Waals surface area contributed by atoms with Gasteiger partial charge in [-0.3, -0.25) is 0 Å². The molecule has 0 bridgehead atoms. The van der Waals surface area contributed by atoms with E-state index in [1.807, 2.05) is 6.26 Å². The molecule has 1 rings (SSSR count). The summed E-state index contributed by atoms with van der Waals surface area (Å²) in [4.78, 5) is 3.99. The van der Waals surface area contributed by atoms with Crippen LogP contribution in [0.4, 0.5) is 0 Å². The monoisotopic (exact) mass is 193 g/mol. The highest BCUT2D eigenvalue weighted by atomic mass is 35.5. The number of nitrogens with zero attached hydrogens (tertiary/aromatic N) is 1. The highest BCUT2D eigenvalue weighted by Gasteiger charge is 1.99. The van der Waals surface area contributed by atoms with Crippen molar-refractivity contribution in [1.29, 1.82) is 0 Å². The summed E-state index contributed by atoms with van der Waals surface area (Å²) in [6, 6.07) is 3.41. The molecule has 0 saturated carbocycles. The lowest BCUT2D eigenvalue weighted by Crippen LogP contribution is -1.79. The van der Waals surface area contributed by atoms with Gasteiger partial charge in [-0.05, 0) is 18.4 Å². The van der Waals surface area contributed by atoms with Crippen LogP contribution in [-0.4, -0.2) is 11.2 Å². The summed E-state index contributed by atoms with van der Waals surface area (Å²) in [5, 5.41) is 1.90. The van der Waals surface area contributed by atoms with E-state index in [-0.39, 0.29) is 0 Å². The summed E-state index contributed by atoms with van der Waals surface area (Å²) < 4.78 is 0. The Balaban J connectivity index is 3.09. The molecular formula is C6H5Cl2NS. The van der Waals surface area contributed by atoms with E-state index in [0.29, 0.717) is 10.2 Å². The second kappa shape index (κ2) is 3.46. The van der Waals surface area contributed by atoms with E-state index < -0.39 is 0 Å². The van der Waals surface area contributed by atoms with Crippen LogP contribution in [0.5, 0.6) is 0 Å². The maximum atomic E-state index is 5.75. The molecule has 4 heteroatoms. The molecule has 1 aromatic rings. The molecule has 0 radical (unpaired) electrons. The third-order valence-electron chi connectivity index (χ3n) is 0.973. The Bertz CT molecular complexity index is 239. The van der Waals surface area contributed by atoms with Crippen molar-refractivity contribution in [3.63, 3.8) is 0 Å². The van der Waals surface area contributed by atoms with Crippen molar-refractivity contribution in [2.75, 3.05) is 6.26 Å². The maximum absolute atomic E-state index is 5.75. The normalized spacial score (nSPS) is 9.90. The zero-order chi connectivity index (χ0) is 7.56. The van der Waals surface area contributed by atoms with Crippen molar-refractivity contribution in [2.24, 2.45) is 0 Å². The number of pyridine rings is 1. The number of rotatable bonds is 1. The molecule has 54 valence electrons. The molecule has 1 nitrogen and oxygen atoms in total. The number of aromatic nitrogens is 1. The topological polar surface area (TPSA) is 12.9 Å². The van der Waals surface area contributed by atoms with Crippen LogP contribution in [0, 0.1) is 0 Å². The van der Waals surface area contributed by atoms with Crippen LogP contribution in [0.3, 0.4) is 0 Å². The second-order valence-electron chi connectivity index (χ2n) is 1.63. The maximum Gasteiger partial charge on any atom is 0.130 e. The van der Waals surface area contributed by atoms with Crippen LogP contribution in [-0.2, 0) is 0 Å². The summed E-state index contributed by atoms with van der Waals surface area (Å²) in [5.41, 5.74) is 0. The summed E-state index contributed by atoms with van der Waals surface area (Å²) in [7, 11) is 0. The predicted octanol–water partition coefficient (Wildman–Crippen LogP) is 3.11. The van der Waals surface area contributed by atoms with Crippen LogP contribution >= 0.6 is 35.0 Å². The first kappa shape index (κ1) is 8.18. The van der Waals surface area contributed by atoms with Gasteiger partial charge in [-0.2, -0.15) is 0 Å². The van der Waals surface area contributed by atoms with Crippen molar-refractivity contribution in [3.05, 3.63) is 22.3 Å². The van der Waals surface area contributed by atoms with Crippen LogP contribution in [0.25, 0.3) is 0 Å². The van der Waals surface area contributed by atoms with Crippen molar-refractivity contribution in [3.8, 4) is 0 Å². The molecule has 0 amide bonds. The summed E-state index contributed by atoms with van der Waals surface area (Å²) in [5.74, 6) is 0. The third-order valence-corrected chi connectivity index (χ3v) is 2.30. The van der Waals surface area contributed by atoms with Crippen LogP contribution in [0.15, 0.2) is 17.2 Å². The van der Waals surface area contributed by atoms with E-state index >= 15 is 0 Å². The lowest BCUT2D eigenvalue weighted by Gasteiger charge is -1.97. The number of hydrogen-bond acceptors (Lipinski definition) is 2. The average Bonchev–Trinajstić information content (AvgIpc) is 1.94. The fourth-order valence-electron chi connectivity index (χ4n) is 0.544. The van der Waals surface area contributed by atoms with Gasteiger partial charge in [-0.15, -0.1) is 11.8 Å². The first-order valence-electron chi connectivity index (χ1n) is 2.60. The van der Waals surface area contributed by atoms with Gasteiger partial charge in [-0.25, -0.2) is 4.98 Å². The van der Waals surface area contributed by atoms with Crippen LogP contribution in [0.2, 0.25) is 10.2 Å². The first-order valence-corrected chi connectivity index (χ1v) is 4.58. The van der Waals surface area contributed by atoms with Crippen molar-refractivity contribution >= 4 is 35.0 Å². The quantitative estimate of drug-likeness (QED) is 0.503. The molecule has 10 heavy (non-hydrogen) atoms. The SMILES string of the molecule is CSc1nc(Cl)ccc1Cl. The Morgan fingerprint density at radius 3 is 2.60 bits per heavy atom. The molecule has 1 heterocycles. The van der Waals surface area contributed by atoms with Gasteiger partial charge in [0.05, 0.1) is 5.02 Å². The molecule has 0 N–H and O–H groups in total. The van der Waals surface area contributed by atoms with Crippen LogP contribution < -0.4 is 0 Å². The number of hydrogen-bond donors (Lipinski definition) is 0. The highest BCUT2D eigenvalue weighted by Crippen LogP contribution is 2.24. The van der Waals surface area contributed by atoms with E-state index in [1.54, 1.807) is 12.1 Å². The Morgan fingerprint density at radius 2 is 2.10 bits per heavy atom. The van der Waals surface area contributed by atoms with Gasteiger partial charge in [0.2, 0.25) is 0 Å². The summed E-state index contributed by atoms with van der Waals surface area (Å²) in [6.07, 6.45) is 1.91. The number of thioether (sulfide) groups is 1. The molecule has 0 spiro atoms. The smallest absolute Gasteiger partial charge is 0.130 e. The Labute approximate surface area is 73.7 Å². The van der Waals surface area contributed by atoms with Crippen LogP contribution in [0.1, 0.15) is 0 Å². The Kier molecular flexibility index (Phi) is 2.83. The molecule has 0 aromatic carbocycles. The van der Waals surface area contributed by atoms with Gasteiger partial charge in [-0.1, -0.05) is 23.2 Å². The van der Waals surface area contributed by atoms with Gasteiger partial charge in [0.25, 0.3) is 0 Å². The van der Waals surface area contributed by atoms with E-state index in [1.165, 1.54) is 11.8 Å². The van der Waals surface area contributed by atoms with Gasteiger partial charge in [0.1, 0.15) is 10.2 Å². The van der Waals surface area contributed by atoms with Crippen molar-refractivity contribution < 1.29 is 0 Å². The standard InChI is InChI=1S/C6H5Cl2NS/c1-10-6-4(7)2-3-5(8)9-6/h2-3H,1H3. The minimum atomic E-state index is 0.480. The molecule has 0 aliphatic carbocycles. The summed E-state index contributed by atoms with van der Waals surface area (Å²) >= 11 is 12.8. The van der Waals surface area contributed by atoms with Crippen molar-refractivity contribution in [1.82, 2.24) is 4.98 Å². The van der Waals surface area contributed by atoms with Gasteiger partial charge in [0.15, 0.2) is 0 Å². The zero-order valence-electron chi connectivity index (χ0n) is 5.27. The lowest BCUT2D eigenvalue weighted by molar-refractivity contribution is 1.14. The minimum absolute atomic E-state index is 0.480. The second-order valence-corrected chi connectivity index (χ2v) is 3.21. The summed E-state index contributed by atoms with van der Waals surface area (Å²) in [6.45, 7) is 0. The van der Waals surface area contributed by atoms with Gasteiger partial charge >= 0.3 is 0 Å². The highest BCUT2D eigenvalue weighted by molar-refractivity contribution is 7.98. The molecule has 0 saturated heterocycles. The first-order chi connectivity index (χ1) is 4.74. The predicted molar refractivity (Wildman–Crippen MR) is 46.0 cm³/mol. The molecule has 0 aliphatic rings. The minimum Gasteiger partial charge on any atom is -0.228 e. The zero-order valence-corrected chi connectivity index (χ0v) is 7.59. The molecule has 0 fully saturated rings. The van der Waals surface area contributed by atoms with E-state index in [4.69, 9.17) is 23.2 Å². The van der Waals surface area contributed by atoms with Gasteiger partial charge < -0.3 is 0 Å². The fraction of sp³-hybridized carbons (Fsp3) is 0.167. The van der Waals surface area contributed by atoms with E-state index in [9.17, 15) is 0 Å². The van der Waals surface area contributed by atoms with Crippen molar-refractivity contribution in [2.45, 2.75) is 5.03 Å². The molecular weight excluding hydrogens is 189 g/mol. The lowest BCUT2D eigenvalue weighted by atomic mass is 10.5. The third kappa shape index (κ3) is 1.78. The largest absolute Gasteiger partial charge is 0.228 e. The molecule has 0 aliphatic heterocycles.